The van der Waals surface area contributed by atoms with Crippen molar-refractivity contribution in [2.75, 3.05) is 0 Å². The van der Waals surface area contributed by atoms with Crippen LogP contribution in [0.3, 0.4) is 0 Å². The molecule has 0 radical (unpaired) electrons. The standard InChI is InChI=1S/C10H13ClO.C9H13.C5H10.2ClH.Ti/c1-10(2,3)7-4-8(11)6-9(12)5-7;1-9(2,3)8-6-4-5-7-8;1-3-5-4-2;;;/h4-6,12H,1-3H3;4,6H,5H2,1-3H3;3-4H2,1-2H3;2*1H;/q;;;;;+1/p-1. The van der Waals surface area contributed by atoms with Gasteiger partial charge in [-0.25, -0.2) is 0 Å². The van der Waals surface area contributed by atoms with E-state index in [1.807, 2.05) is 6.07 Å². The molecule has 0 amide bonds. The first kappa shape index (κ1) is 29.0. The van der Waals surface area contributed by atoms with Crippen LogP contribution in [0.1, 0.15) is 80.2 Å². The number of rotatable bonds is 5. The van der Waals surface area contributed by atoms with Crippen molar-refractivity contribution < 1.29 is 21.1 Å². The van der Waals surface area contributed by atoms with Crippen LogP contribution in [0.4, 0.5) is 0 Å². The zero-order valence-corrected chi connectivity index (χ0v) is 23.1. The molecule has 164 valence electrons. The topological polar surface area (TPSA) is 9.23 Å². The first-order valence-electron chi connectivity index (χ1n) is 10.1. The van der Waals surface area contributed by atoms with Crippen molar-refractivity contribution in [2.45, 2.75) is 80.1 Å². The van der Waals surface area contributed by atoms with E-state index in [1.54, 1.807) is 7.69 Å². The fourth-order valence-electron chi connectivity index (χ4n) is 3.51. The predicted molar refractivity (Wildman–Crippen MR) is 131 cm³/mol. The summed E-state index contributed by atoms with van der Waals surface area (Å²) in [7, 11) is 0. The van der Waals surface area contributed by atoms with Gasteiger partial charge in [-0.3, -0.25) is 0 Å². The Hall–Kier alpha value is -0.0457. The van der Waals surface area contributed by atoms with Gasteiger partial charge in [-0.1, -0.05) is 0 Å². The van der Waals surface area contributed by atoms with Gasteiger partial charge < -0.3 is 0 Å². The number of benzene rings is 1. The molecule has 0 spiro atoms. The summed E-state index contributed by atoms with van der Waals surface area (Å²) in [5.74, 6) is 0.939. The maximum Gasteiger partial charge on any atom is -0.147 e. The molecule has 1 aliphatic carbocycles. The van der Waals surface area contributed by atoms with Gasteiger partial charge in [-0.2, -0.15) is 0 Å². The van der Waals surface area contributed by atoms with Gasteiger partial charge in [0.2, 0.25) is 0 Å². The van der Waals surface area contributed by atoms with Gasteiger partial charge in [0, 0.05) is 0 Å². The number of hydrogen-bond acceptors (Lipinski definition) is 1. The van der Waals surface area contributed by atoms with Crippen LogP contribution >= 0.6 is 36.4 Å². The smallest absolute Gasteiger partial charge is 0.147 e. The molecule has 0 heterocycles. The Bertz CT molecular complexity index is 787. The Balaban J connectivity index is 0.00000392. The molecule has 0 aliphatic heterocycles. The van der Waals surface area contributed by atoms with Crippen LogP contribution in [-0.4, -0.2) is 3.81 Å². The minimum Gasteiger partial charge on any atom is -0.147 e. The zero-order valence-electron chi connectivity index (χ0n) is 19.1. The summed E-state index contributed by atoms with van der Waals surface area (Å²) in [5, 5.41) is 0.763. The number of halogens is 3. The molecule has 0 unspecified atom stereocenters. The van der Waals surface area contributed by atoms with Crippen LogP contribution in [0.15, 0.2) is 39.8 Å². The van der Waals surface area contributed by atoms with Crippen molar-refractivity contribution in [2.24, 2.45) is 5.41 Å². The van der Waals surface area contributed by atoms with Gasteiger partial charge in [0.25, 0.3) is 0 Å². The van der Waals surface area contributed by atoms with Crippen LogP contribution in [0, 0.1) is 5.41 Å². The Morgan fingerprint density at radius 2 is 1.55 bits per heavy atom. The molecule has 29 heavy (non-hydrogen) atoms. The van der Waals surface area contributed by atoms with E-state index in [9.17, 15) is 0 Å². The third kappa shape index (κ3) is 7.55. The Kier molecular flexibility index (Phi) is 11.5. The van der Waals surface area contributed by atoms with Crippen LogP contribution in [0.25, 0.3) is 0 Å². The van der Waals surface area contributed by atoms with E-state index in [0.29, 0.717) is 0 Å². The van der Waals surface area contributed by atoms with Crippen molar-refractivity contribution in [3.05, 3.63) is 50.4 Å². The quantitative estimate of drug-likeness (QED) is 0.371. The summed E-state index contributed by atoms with van der Waals surface area (Å²) in [6.45, 7) is 18.1. The molecule has 0 aromatic heterocycles. The Morgan fingerprint density at radius 3 is 2.03 bits per heavy atom. The van der Waals surface area contributed by atoms with Gasteiger partial charge >= 0.3 is 178 Å². The average Bonchev–Trinajstić information content (AvgIpc) is 3.03. The van der Waals surface area contributed by atoms with E-state index < -0.39 is 17.8 Å². The summed E-state index contributed by atoms with van der Waals surface area (Å²) in [5.41, 5.74) is 2.92. The second-order valence-electron chi connectivity index (χ2n) is 9.42. The minimum absolute atomic E-state index is 0. The Morgan fingerprint density at radius 1 is 0.966 bits per heavy atom. The molecule has 0 saturated carbocycles. The minimum atomic E-state index is -2.05. The molecule has 5 heteroatoms. The summed E-state index contributed by atoms with van der Waals surface area (Å²) in [4.78, 5) is 0. The molecule has 2 rings (SSSR count). The predicted octanol–water partition coefficient (Wildman–Crippen LogP) is 8.65. The van der Waals surface area contributed by atoms with Gasteiger partial charge in [0.1, 0.15) is 0 Å². The fourth-order valence-corrected chi connectivity index (χ4v) is 7.95. The number of allylic oxidation sites excluding steroid dienone is 4. The average molecular weight is 496 g/mol. The second-order valence-corrected chi connectivity index (χ2v) is 13.2. The van der Waals surface area contributed by atoms with Gasteiger partial charge in [0.15, 0.2) is 0 Å². The first-order valence-corrected chi connectivity index (χ1v) is 12.7. The molecular formula is C24H37Cl3OTi. The van der Waals surface area contributed by atoms with Crippen molar-refractivity contribution in [1.82, 2.24) is 0 Å². The van der Waals surface area contributed by atoms with E-state index in [4.69, 9.17) is 14.9 Å². The fraction of sp³-hybridized carbons (Fsp3) is 0.542. The molecule has 0 N–H and O–H groups in total. The van der Waals surface area contributed by atoms with Crippen LogP contribution in [0.2, 0.25) is 5.02 Å². The van der Waals surface area contributed by atoms with E-state index in [2.05, 4.69) is 79.7 Å². The van der Waals surface area contributed by atoms with Crippen LogP contribution in [0.5, 0.6) is 5.75 Å². The summed E-state index contributed by atoms with van der Waals surface area (Å²) >= 11 is 4.41. The van der Waals surface area contributed by atoms with E-state index in [-0.39, 0.29) is 35.6 Å². The molecule has 1 nitrogen and oxygen atoms in total. The summed E-state index contributed by atoms with van der Waals surface area (Å²) in [6, 6.07) is 6.25. The molecule has 0 saturated heterocycles. The largest absolute Gasteiger partial charge is 0.147 e. The third-order valence-electron chi connectivity index (χ3n) is 5.15. The molecule has 1 aliphatic rings. The van der Waals surface area contributed by atoms with Crippen molar-refractivity contribution in [1.29, 1.82) is 0 Å². The Labute approximate surface area is 202 Å². The summed E-state index contributed by atoms with van der Waals surface area (Å²) < 4.78 is 10.0. The van der Waals surface area contributed by atoms with E-state index in [1.165, 1.54) is 11.1 Å². The molecule has 1 aromatic rings. The molecular weight excluding hydrogens is 458 g/mol. The monoisotopic (exact) mass is 494 g/mol. The zero-order chi connectivity index (χ0) is 20.4. The second kappa shape index (κ2) is 11.5. The van der Waals surface area contributed by atoms with E-state index >= 15 is 0 Å². The van der Waals surface area contributed by atoms with Gasteiger partial charge in [-0.15, -0.1) is 24.8 Å². The van der Waals surface area contributed by atoms with Gasteiger partial charge in [-0.05, 0) is 0 Å². The van der Waals surface area contributed by atoms with Crippen LogP contribution in [-0.2, 0) is 23.2 Å². The SMILES string of the molecule is CC[C](CC)=[Ti]([O]c1cc(Cl)cc(C(C)(C)C)c1)[C]1=C(C(C)(C)C)C=CC1.Cl.Cl. The van der Waals surface area contributed by atoms with Crippen molar-refractivity contribution >= 4 is 40.2 Å². The molecule has 0 fully saturated rings. The molecule has 0 bridgehead atoms. The maximum absolute atomic E-state index is 6.83. The summed E-state index contributed by atoms with van der Waals surface area (Å²) in [6.07, 6.45) is 7.87. The number of hydrogen-bond donors (Lipinski definition) is 0. The normalized spacial score (nSPS) is 13.7. The van der Waals surface area contributed by atoms with Crippen LogP contribution < -0.4 is 3.32 Å². The van der Waals surface area contributed by atoms with E-state index in [0.717, 1.165) is 30.0 Å². The first-order chi connectivity index (χ1) is 12.5. The molecule has 0 atom stereocenters. The van der Waals surface area contributed by atoms with Crippen molar-refractivity contribution in [3.63, 3.8) is 0 Å². The molecule has 1 aromatic carbocycles. The van der Waals surface area contributed by atoms with Gasteiger partial charge in [0.05, 0.1) is 0 Å². The van der Waals surface area contributed by atoms with Crippen molar-refractivity contribution in [3.8, 4) is 5.75 Å². The third-order valence-corrected chi connectivity index (χ3v) is 9.75. The maximum atomic E-state index is 6.83.